The first-order chi connectivity index (χ1) is 9.99. The third-order valence-electron chi connectivity index (χ3n) is 3.23. The van der Waals surface area contributed by atoms with Crippen LogP contribution < -0.4 is 4.74 Å². The molecule has 2 nitrogen and oxygen atoms in total. The molecule has 2 aromatic carbocycles. The van der Waals surface area contributed by atoms with Crippen LogP contribution in [0.1, 0.15) is 16.7 Å². The van der Waals surface area contributed by atoms with Gasteiger partial charge in [0.1, 0.15) is 23.2 Å². The number of rotatable bonds is 5. The Labute approximate surface area is 122 Å². The standard InChI is InChI=1S/C17H16F2O2/c1-11-3-6-17(21-2)13(7-11)9-15(20)8-12-4-5-14(18)10-16(12)19/h3-7,10H,8-9H2,1-2H3. The van der Waals surface area contributed by atoms with Gasteiger partial charge in [0.25, 0.3) is 0 Å². The summed E-state index contributed by atoms with van der Waals surface area (Å²) in [6, 6.07) is 8.81. The summed E-state index contributed by atoms with van der Waals surface area (Å²) in [6.45, 7) is 1.92. The van der Waals surface area contributed by atoms with E-state index < -0.39 is 11.6 Å². The first-order valence-corrected chi connectivity index (χ1v) is 6.58. The molecular weight excluding hydrogens is 274 g/mol. The Balaban J connectivity index is 2.13. The highest BCUT2D eigenvalue weighted by Crippen LogP contribution is 2.21. The summed E-state index contributed by atoms with van der Waals surface area (Å²) in [5.41, 5.74) is 1.99. The number of carbonyl (C=O) groups excluding carboxylic acids is 1. The van der Waals surface area contributed by atoms with Crippen molar-refractivity contribution in [3.8, 4) is 5.75 Å². The van der Waals surface area contributed by atoms with Crippen LogP contribution >= 0.6 is 0 Å². The zero-order valence-electron chi connectivity index (χ0n) is 12.0. The van der Waals surface area contributed by atoms with Crippen molar-refractivity contribution in [1.29, 1.82) is 0 Å². The first-order valence-electron chi connectivity index (χ1n) is 6.58. The Bertz CT molecular complexity index is 666. The largest absolute Gasteiger partial charge is 0.496 e. The van der Waals surface area contributed by atoms with E-state index in [9.17, 15) is 13.6 Å². The fraction of sp³-hybridized carbons (Fsp3) is 0.235. The van der Waals surface area contributed by atoms with Gasteiger partial charge in [-0.15, -0.1) is 0 Å². The van der Waals surface area contributed by atoms with Gasteiger partial charge in [-0.1, -0.05) is 23.8 Å². The van der Waals surface area contributed by atoms with Crippen LogP contribution in [0.2, 0.25) is 0 Å². The third-order valence-corrected chi connectivity index (χ3v) is 3.23. The average molecular weight is 290 g/mol. The van der Waals surface area contributed by atoms with Crippen LogP contribution in [0.25, 0.3) is 0 Å². The first kappa shape index (κ1) is 15.2. The van der Waals surface area contributed by atoms with Gasteiger partial charge < -0.3 is 4.74 Å². The van der Waals surface area contributed by atoms with Crippen LogP contribution in [0.15, 0.2) is 36.4 Å². The van der Waals surface area contributed by atoms with Gasteiger partial charge in [0, 0.05) is 24.5 Å². The lowest BCUT2D eigenvalue weighted by molar-refractivity contribution is -0.117. The molecule has 0 saturated heterocycles. The van der Waals surface area contributed by atoms with E-state index in [-0.39, 0.29) is 24.2 Å². The van der Waals surface area contributed by atoms with Gasteiger partial charge in [0.15, 0.2) is 0 Å². The maximum absolute atomic E-state index is 13.5. The zero-order chi connectivity index (χ0) is 15.4. The molecule has 0 fully saturated rings. The summed E-state index contributed by atoms with van der Waals surface area (Å²) in [5.74, 6) is -0.860. The highest BCUT2D eigenvalue weighted by atomic mass is 19.1. The fourth-order valence-electron chi connectivity index (χ4n) is 2.20. The van der Waals surface area contributed by atoms with Crippen molar-refractivity contribution in [2.75, 3.05) is 7.11 Å². The molecule has 0 N–H and O–H groups in total. The van der Waals surface area contributed by atoms with Crippen LogP contribution in [0.4, 0.5) is 8.78 Å². The van der Waals surface area contributed by atoms with Crippen LogP contribution in [0.3, 0.4) is 0 Å². The Morgan fingerprint density at radius 2 is 1.76 bits per heavy atom. The Kier molecular flexibility index (Phi) is 4.68. The minimum absolute atomic E-state index is 0.0663. The lowest BCUT2D eigenvalue weighted by atomic mass is 10.0. The summed E-state index contributed by atoms with van der Waals surface area (Å²) < 4.78 is 31.6. The molecular formula is C17H16F2O2. The van der Waals surface area contributed by atoms with Gasteiger partial charge in [-0.2, -0.15) is 0 Å². The van der Waals surface area contributed by atoms with Crippen molar-refractivity contribution < 1.29 is 18.3 Å². The van der Waals surface area contributed by atoms with Crippen LogP contribution in [0, 0.1) is 18.6 Å². The number of Topliss-reactive ketones (excluding diaryl/α,β-unsaturated/α-hetero) is 1. The van der Waals surface area contributed by atoms with E-state index in [0.29, 0.717) is 5.75 Å². The molecule has 0 aliphatic carbocycles. The molecule has 0 saturated carbocycles. The van der Waals surface area contributed by atoms with Crippen molar-refractivity contribution in [3.63, 3.8) is 0 Å². The molecule has 0 aliphatic heterocycles. The summed E-state index contributed by atoms with van der Waals surface area (Å²) in [6.07, 6.45) is 0.0882. The van der Waals surface area contributed by atoms with E-state index in [0.717, 1.165) is 23.3 Å². The summed E-state index contributed by atoms with van der Waals surface area (Å²) in [7, 11) is 1.54. The average Bonchev–Trinajstić information content (AvgIpc) is 2.42. The number of hydrogen-bond acceptors (Lipinski definition) is 2. The lowest BCUT2D eigenvalue weighted by Gasteiger charge is -2.09. The number of ketones is 1. The predicted octanol–water partition coefficient (Wildman–Crippen LogP) is 3.64. The molecule has 0 atom stereocenters. The minimum Gasteiger partial charge on any atom is -0.496 e. The number of hydrogen-bond donors (Lipinski definition) is 0. The summed E-state index contributed by atoms with van der Waals surface area (Å²) in [5, 5.41) is 0. The minimum atomic E-state index is -0.695. The monoisotopic (exact) mass is 290 g/mol. The second-order valence-corrected chi connectivity index (χ2v) is 4.94. The summed E-state index contributed by atoms with van der Waals surface area (Å²) in [4.78, 5) is 12.1. The van der Waals surface area contributed by atoms with Crippen LogP contribution in [-0.2, 0) is 17.6 Å². The van der Waals surface area contributed by atoms with Crippen molar-refractivity contribution in [3.05, 3.63) is 64.7 Å². The number of benzene rings is 2. The maximum atomic E-state index is 13.5. The SMILES string of the molecule is COc1ccc(C)cc1CC(=O)Cc1ccc(F)cc1F. The van der Waals surface area contributed by atoms with Gasteiger partial charge in [0.05, 0.1) is 7.11 Å². The molecule has 0 heterocycles. The number of aryl methyl sites for hydroxylation is 1. The maximum Gasteiger partial charge on any atom is 0.141 e. The van der Waals surface area contributed by atoms with Crippen molar-refractivity contribution >= 4 is 5.78 Å². The lowest BCUT2D eigenvalue weighted by Crippen LogP contribution is -2.09. The smallest absolute Gasteiger partial charge is 0.141 e. The van der Waals surface area contributed by atoms with E-state index in [1.165, 1.54) is 13.2 Å². The number of ether oxygens (including phenoxy) is 1. The normalized spacial score (nSPS) is 10.5. The molecule has 0 aliphatic rings. The quantitative estimate of drug-likeness (QED) is 0.840. The molecule has 0 unspecified atom stereocenters. The van der Waals surface area contributed by atoms with Crippen molar-refractivity contribution in [2.24, 2.45) is 0 Å². The summed E-state index contributed by atoms with van der Waals surface area (Å²) >= 11 is 0. The van der Waals surface area contributed by atoms with Crippen molar-refractivity contribution in [1.82, 2.24) is 0 Å². The van der Waals surface area contributed by atoms with E-state index in [1.54, 1.807) is 6.07 Å². The predicted molar refractivity (Wildman–Crippen MR) is 76.5 cm³/mol. The Morgan fingerprint density at radius 3 is 2.43 bits per heavy atom. The molecule has 110 valence electrons. The third kappa shape index (κ3) is 3.88. The molecule has 0 spiro atoms. The van der Waals surface area contributed by atoms with E-state index >= 15 is 0 Å². The van der Waals surface area contributed by atoms with Gasteiger partial charge in [-0.25, -0.2) is 8.78 Å². The second kappa shape index (κ2) is 6.48. The second-order valence-electron chi connectivity index (χ2n) is 4.94. The Hall–Kier alpha value is -2.23. The molecule has 0 aromatic heterocycles. The number of methoxy groups -OCH3 is 1. The van der Waals surface area contributed by atoms with Gasteiger partial charge in [-0.3, -0.25) is 4.79 Å². The van der Waals surface area contributed by atoms with Crippen molar-refractivity contribution in [2.45, 2.75) is 19.8 Å². The fourth-order valence-corrected chi connectivity index (χ4v) is 2.20. The molecule has 0 amide bonds. The van der Waals surface area contributed by atoms with Crippen LogP contribution in [-0.4, -0.2) is 12.9 Å². The van der Waals surface area contributed by atoms with Gasteiger partial charge >= 0.3 is 0 Å². The molecule has 2 rings (SSSR count). The molecule has 0 radical (unpaired) electrons. The highest BCUT2D eigenvalue weighted by Gasteiger charge is 2.12. The molecule has 2 aromatic rings. The topological polar surface area (TPSA) is 26.3 Å². The van der Waals surface area contributed by atoms with Gasteiger partial charge in [0.2, 0.25) is 0 Å². The Morgan fingerprint density at radius 1 is 1.05 bits per heavy atom. The van der Waals surface area contributed by atoms with E-state index in [4.69, 9.17) is 4.74 Å². The van der Waals surface area contributed by atoms with E-state index in [1.807, 2.05) is 19.1 Å². The molecule has 4 heteroatoms. The highest BCUT2D eigenvalue weighted by molar-refractivity contribution is 5.83. The number of halogens is 2. The van der Waals surface area contributed by atoms with Gasteiger partial charge in [-0.05, 0) is 24.6 Å². The number of carbonyl (C=O) groups is 1. The molecule has 21 heavy (non-hydrogen) atoms. The van der Waals surface area contributed by atoms with Crippen LogP contribution in [0.5, 0.6) is 5.75 Å². The zero-order valence-corrected chi connectivity index (χ0v) is 12.0. The molecule has 0 bridgehead atoms. The van der Waals surface area contributed by atoms with E-state index in [2.05, 4.69) is 0 Å².